The van der Waals surface area contributed by atoms with Gasteiger partial charge in [0.1, 0.15) is 6.04 Å². The summed E-state index contributed by atoms with van der Waals surface area (Å²) in [6.45, 7) is 4.97. The fourth-order valence-corrected chi connectivity index (χ4v) is 3.36. The molecule has 0 saturated carbocycles. The van der Waals surface area contributed by atoms with Gasteiger partial charge < -0.3 is 10.6 Å². The Morgan fingerprint density at radius 1 is 0.828 bits per heavy atom. The van der Waals surface area contributed by atoms with Gasteiger partial charge in [0, 0.05) is 17.4 Å². The van der Waals surface area contributed by atoms with E-state index in [1.165, 1.54) is 5.56 Å². The van der Waals surface area contributed by atoms with Crippen LogP contribution in [0.3, 0.4) is 0 Å². The summed E-state index contributed by atoms with van der Waals surface area (Å²) in [7, 11) is 1.97. The summed E-state index contributed by atoms with van der Waals surface area (Å²) in [4.78, 5) is 15.0. The number of hydrogen-bond donors (Lipinski definition) is 2. The van der Waals surface area contributed by atoms with Crippen molar-refractivity contribution in [2.75, 3.05) is 24.2 Å². The molecule has 2 unspecified atom stereocenters. The molecule has 0 aliphatic heterocycles. The molecule has 3 aromatic carbocycles. The molecule has 150 valence electrons. The molecule has 0 fully saturated rings. The van der Waals surface area contributed by atoms with Crippen molar-refractivity contribution < 1.29 is 4.79 Å². The van der Waals surface area contributed by atoms with Gasteiger partial charge >= 0.3 is 0 Å². The SMILES string of the molecule is CCN(C)C(C(=O)Nc1ccc(NC(C)c2ccccc2)cc1)c1ccccc1. The predicted molar refractivity (Wildman–Crippen MR) is 121 cm³/mol. The smallest absolute Gasteiger partial charge is 0.246 e. The summed E-state index contributed by atoms with van der Waals surface area (Å²) in [6.07, 6.45) is 0. The van der Waals surface area contributed by atoms with E-state index in [2.05, 4.69) is 36.6 Å². The Hall–Kier alpha value is -3.11. The van der Waals surface area contributed by atoms with Crippen LogP contribution in [0.25, 0.3) is 0 Å². The van der Waals surface area contributed by atoms with Gasteiger partial charge in [0.05, 0.1) is 0 Å². The monoisotopic (exact) mass is 387 g/mol. The largest absolute Gasteiger partial charge is 0.379 e. The van der Waals surface area contributed by atoms with Crippen molar-refractivity contribution in [2.45, 2.75) is 25.9 Å². The Morgan fingerprint density at radius 2 is 1.34 bits per heavy atom. The number of anilines is 2. The van der Waals surface area contributed by atoms with Crippen LogP contribution in [0.5, 0.6) is 0 Å². The van der Waals surface area contributed by atoms with Gasteiger partial charge in [-0.05, 0) is 55.9 Å². The van der Waals surface area contributed by atoms with E-state index in [0.29, 0.717) is 0 Å². The van der Waals surface area contributed by atoms with Gasteiger partial charge in [-0.1, -0.05) is 67.6 Å². The van der Waals surface area contributed by atoms with Crippen LogP contribution in [0.15, 0.2) is 84.9 Å². The molecule has 0 bridgehead atoms. The fourth-order valence-electron chi connectivity index (χ4n) is 3.36. The number of nitrogens with zero attached hydrogens (tertiary/aromatic N) is 1. The molecule has 0 heterocycles. The van der Waals surface area contributed by atoms with Crippen LogP contribution in [0.2, 0.25) is 0 Å². The third-order valence-electron chi connectivity index (χ3n) is 5.14. The summed E-state index contributed by atoms with van der Waals surface area (Å²) in [5.41, 5.74) is 4.03. The predicted octanol–water partition coefficient (Wildman–Crippen LogP) is 5.49. The molecule has 3 aromatic rings. The Morgan fingerprint density at radius 3 is 1.90 bits per heavy atom. The molecular formula is C25H29N3O. The minimum Gasteiger partial charge on any atom is -0.379 e. The van der Waals surface area contributed by atoms with Crippen LogP contribution in [-0.4, -0.2) is 24.4 Å². The lowest BCUT2D eigenvalue weighted by atomic mass is 10.0. The molecular weight excluding hydrogens is 358 g/mol. The van der Waals surface area contributed by atoms with Gasteiger partial charge in [-0.15, -0.1) is 0 Å². The van der Waals surface area contributed by atoms with Crippen LogP contribution in [-0.2, 0) is 4.79 Å². The number of hydrogen-bond acceptors (Lipinski definition) is 3. The first kappa shape index (κ1) is 20.6. The highest BCUT2D eigenvalue weighted by Crippen LogP contribution is 2.24. The van der Waals surface area contributed by atoms with Gasteiger partial charge in [-0.3, -0.25) is 9.69 Å². The van der Waals surface area contributed by atoms with Gasteiger partial charge in [0.2, 0.25) is 5.91 Å². The van der Waals surface area contributed by atoms with Crippen molar-refractivity contribution in [2.24, 2.45) is 0 Å². The van der Waals surface area contributed by atoms with E-state index in [0.717, 1.165) is 23.5 Å². The van der Waals surface area contributed by atoms with Crippen LogP contribution in [0, 0.1) is 0 Å². The molecule has 1 amide bonds. The normalized spacial score (nSPS) is 13.0. The molecule has 4 nitrogen and oxygen atoms in total. The molecule has 0 spiro atoms. The van der Waals surface area contributed by atoms with Crippen molar-refractivity contribution in [3.63, 3.8) is 0 Å². The maximum absolute atomic E-state index is 13.0. The third-order valence-corrected chi connectivity index (χ3v) is 5.14. The van der Waals surface area contributed by atoms with Crippen molar-refractivity contribution in [1.82, 2.24) is 4.90 Å². The molecule has 3 rings (SSSR count). The van der Waals surface area contributed by atoms with Crippen molar-refractivity contribution in [1.29, 1.82) is 0 Å². The van der Waals surface area contributed by atoms with Crippen molar-refractivity contribution in [3.8, 4) is 0 Å². The maximum Gasteiger partial charge on any atom is 0.246 e. The first-order chi connectivity index (χ1) is 14.1. The molecule has 0 aromatic heterocycles. The van der Waals surface area contributed by atoms with Gasteiger partial charge in [-0.25, -0.2) is 0 Å². The lowest BCUT2D eigenvalue weighted by Crippen LogP contribution is -2.34. The molecule has 0 saturated heterocycles. The van der Waals surface area contributed by atoms with Crippen molar-refractivity contribution in [3.05, 3.63) is 96.1 Å². The average molecular weight is 388 g/mol. The molecule has 0 radical (unpaired) electrons. The minimum atomic E-state index is -0.322. The topological polar surface area (TPSA) is 44.4 Å². The second kappa shape index (κ2) is 9.89. The summed E-state index contributed by atoms with van der Waals surface area (Å²) < 4.78 is 0. The fraction of sp³-hybridized carbons (Fsp3) is 0.240. The lowest BCUT2D eigenvalue weighted by molar-refractivity contribution is -0.121. The highest BCUT2D eigenvalue weighted by atomic mass is 16.2. The van der Waals surface area contributed by atoms with E-state index in [1.54, 1.807) is 0 Å². The second-order valence-electron chi connectivity index (χ2n) is 7.23. The Balaban J connectivity index is 1.67. The second-order valence-corrected chi connectivity index (χ2v) is 7.23. The zero-order valence-electron chi connectivity index (χ0n) is 17.3. The highest BCUT2D eigenvalue weighted by Gasteiger charge is 2.24. The lowest BCUT2D eigenvalue weighted by Gasteiger charge is -2.26. The number of nitrogens with one attached hydrogen (secondary N) is 2. The van der Waals surface area contributed by atoms with Gasteiger partial charge in [-0.2, -0.15) is 0 Å². The number of rotatable bonds is 8. The molecule has 2 N–H and O–H groups in total. The zero-order valence-corrected chi connectivity index (χ0v) is 17.3. The van der Waals surface area contributed by atoms with Gasteiger partial charge in [0.15, 0.2) is 0 Å². The molecule has 2 atom stereocenters. The standard InChI is InChI=1S/C25H29N3O/c1-4-28(3)24(21-13-9-6-10-14-21)25(29)27-23-17-15-22(16-18-23)26-19(2)20-11-7-5-8-12-20/h5-19,24,26H,4H2,1-3H3,(H,27,29). The summed E-state index contributed by atoms with van der Waals surface area (Å²) in [5.74, 6) is -0.0288. The minimum absolute atomic E-state index is 0.0288. The summed E-state index contributed by atoms with van der Waals surface area (Å²) in [6, 6.07) is 28.0. The number of amides is 1. The summed E-state index contributed by atoms with van der Waals surface area (Å²) in [5, 5.41) is 6.55. The molecule has 0 aliphatic carbocycles. The Labute approximate surface area is 173 Å². The molecule has 4 heteroatoms. The van der Waals surface area contributed by atoms with E-state index in [-0.39, 0.29) is 18.0 Å². The highest BCUT2D eigenvalue weighted by molar-refractivity contribution is 5.95. The first-order valence-electron chi connectivity index (χ1n) is 10.1. The molecule has 29 heavy (non-hydrogen) atoms. The summed E-state index contributed by atoms with van der Waals surface area (Å²) >= 11 is 0. The van der Waals surface area contributed by atoms with E-state index in [9.17, 15) is 4.79 Å². The zero-order chi connectivity index (χ0) is 20.6. The average Bonchev–Trinajstić information content (AvgIpc) is 2.76. The van der Waals surface area contributed by atoms with Gasteiger partial charge in [0.25, 0.3) is 0 Å². The van der Waals surface area contributed by atoms with Crippen LogP contribution < -0.4 is 10.6 Å². The molecule has 0 aliphatic rings. The van der Waals surface area contributed by atoms with Crippen molar-refractivity contribution >= 4 is 17.3 Å². The van der Waals surface area contributed by atoms with Crippen LogP contribution >= 0.6 is 0 Å². The van der Waals surface area contributed by atoms with E-state index in [1.807, 2.05) is 84.7 Å². The van der Waals surface area contributed by atoms with Crippen LogP contribution in [0.1, 0.15) is 37.1 Å². The Kier molecular flexibility index (Phi) is 7.04. The third kappa shape index (κ3) is 5.46. The van der Waals surface area contributed by atoms with E-state index in [4.69, 9.17) is 0 Å². The van der Waals surface area contributed by atoms with E-state index < -0.39 is 0 Å². The number of carbonyl (C=O) groups is 1. The first-order valence-corrected chi connectivity index (χ1v) is 10.1. The Bertz CT molecular complexity index is 894. The maximum atomic E-state index is 13.0. The van der Waals surface area contributed by atoms with Crippen LogP contribution in [0.4, 0.5) is 11.4 Å². The quantitative estimate of drug-likeness (QED) is 0.537. The number of carbonyl (C=O) groups excluding carboxylic acids is 1. The number of benzene rings is 3. The number of likely N-dealkylation sites (N-methyl/N-ethyl adjacent to an activating group) is 1. The van der Waals surface area contributed by atoms with E-state index >= 15 is 0 Å².